The molecule has 1 aliphatic rings. The van der Waals surface area contributed by atoms with Crippen LogP contribution >= 0.6 is 0 Å². The van der Waals surface area contributed by atoms with Crippen LogP contribution in [0.3, 0.4) is 0 Å². The van der Waals surface area contributed by atoms with Crippen LogP contribution in [0.2, 0.25) is 0 Å². The first kappa shape index (κ1) is 11.5. The molecule has 1 fully saturated rings. The van der Waals surface area contributed by atoms with Crippen molar-refractivity contribution in [3.05, 3.63) is 24.3 Å². The fourth-order valence-corrected chi connectivity index (χ4v) is 2.35. The maximum Gasteiger partial charge on any atom is 0.153 e. The van der Waals surface area contributed by atoms with E-state index in [2.05, 4.69) is 9.97 Å². The largest absolute Gasteiger partial charge is 0.373 e. The Balaban J connectivity index is 1.72. The molecule has 1 heterocycles. The molecule has 1 aromatic heterocycles. The minimum Gasteiger partial charge on any atom is -0.373 e. The molecule has 4 heteroatoms. The second-order valence-corrected chi connectivity index (χ2v) is 4.37. The number of nitrogens with two attached hydrogens (primary N) is 1. The van der Waals surface area contributed by atoms with E-state index in [1.165, 1.54) is 19.3 Å². The first-order valence-electron chi connectivity index (χ1n) is 5.94. The first-order chi connectivity index (χ1) is 7.90. The molecular formula is C12H19N3O. The van der Waals surface area contributed by atoms with Gasteiger partial charge in [0.25, 0.3) is 0 Å². The molecule has 0 spiro atoms. The molecule has 2 unspecified atom stereocenters. The van der Waals surface area contributed by atoms with E-state index in [0.29, 0.717) is 18.4 Å². The van der Waals surface area contributed by atoms with E-state index < -0.39 is 0 Å². The molecule has 0 aliphatic heterocycles. The zero-order valence-electron chi connectivity index (χ0n) is 9.51. The van der Waals surface area contributed by atoms with Crippen LogP contribution in [-0.4, -0.2) is 23.1 Å². The number of hydrogen-bond acceptors (Lipinski definition) is 4. The lowest BCUT2D eigenvalue weighted by Gasteiger charge is -2.17. The Morgan fingerprint density at radius 2 is 2.00 bits per heavy atom. The first-order valence-corrected chi connectivity index (χ1v) is 5.94. The Morgan fingerprint density at radius 1 is 1.25 bits per heavy atom. The van der Waals surface area contributed by atoms with Gasteiger partial charge in [0.1, 0.15) is 6.61 Å². The van der Waals surface area contributed by atoms with Crippen LogP contribution in [0.15, 0.2) is 18.5 Å². The van der Waals surface area contributed by atoms with Gasteiger partial charge in [0, 0.05) is 12.4 Å². The van der Waals surface area contributed by atoms with Crippen LogP contribution in [0.25, 0.3) is 0 Å². The Hall–Kier alpha value is -1.00. The SMILES string of the molecule is NCC1CCCC1COCc1ncccn1. The third-order valence-corrected chi connectivity index (χ3v) is 3.30. The maximum atomic E-state index is 5.73. The summed E-state index contributed by atoms with van der Waals surface area (Å²) in [5.74, 6) is 2.04. The Labute approximate surface area is 96.2 Å². The standard InChI is InChI=1S/C12H19N3O/c13-7-10-3-1-4-11(10)8-16-9-12-14-5-2-6-15-12/h2,5-6,10-11H,1,3-4,7-9,13H2. The topological polar surface area (TPSA) is 61.0 Å². The highest BCUT2D eigenvalue weighted by atomic mass is 16.5. The molecule has 4 nitrogen and oxygen atoms in total. The van der Waals surface area contributed by atoms with Crippen LogP contribution in [0.1, 0.15) is 25.1 Å². The monoisotopic (exact) mass is 221 g/mol. The highest BCUT2D eigenvalue weighted by Crippen LogP contribution is 2.30. The van der Waals surface area contributed by atoms with Crippen molar-refractivity contribution in [2.75, 3.05) is 13.2 Å². The number of hydrogen-bond donors (Lipinski definition) is 1. The predicted molar refractivity (Wildman–Crippen MR) is 61.6 cm³/mol. The van der Waals surface area contributed by atoms with Gasteiger partial charge in [0.05, 0.1) is 6.61 Å². The van der Waals surface area contributed by atoms with E-state index >= 15 is 0 Å². The third kappa shape index (κ3) is 3.00. The number of rotatable bonds is 5. The second-order valence-electron chi connectivity index (χ2n) is 4.37. The fourth-order valence-electron chi connectivity index (χ4n) is 2.35. The summed E-state index contributed by atoms with van der Waals surface area (Å²) in [7, 11) is 0. The van der Waals surface area contributed by atoms with Crippen molar-refractivity contribution < 1.29 is 4.74 Å². The van der Waals surface area contributed by atoms with E-state index in [1.807, 2.05) is 6.07 Å². The summed E-state index contributed by atoms with van der Waals surface area (Å²) in [5.41, 5.74) is 5.73. The number of ether oxygens (including phenoxy) is 1. The summed E-state index contributed by atoms with van der Waals surface area (Å²) in [6.45, 7) is 2.09. The van der Waals surface area contributed by atoms with Crippen molar-refractivity contribution >= 4 is 0 Å². The van der Waals surface area contributed by atoms with Crippen molar-refractivity contribution in [2.24, 2.45) is 17.6 Å². The van der Waals surface area contributed by atoms with E-state index in [-0.39, 0.29) is 0 Å². The molecule has 88 valence electrons. The van der Waals surface area contributed by atoms with Gasteiger partial charge in [0.2, 0.25) is 0 Å². The molecular weight excluding hydrogens is 202 g/mol. The van der Waals surface area contributed by atoms with Crippen molar-refractivity contribution in [3.8, 4) is 0 Å². The normalized spacial score (nSPS) is 24.8. The summed E-state index contributed by atoms with van der Waals surface area (Å²) in [5, 5.41) is 0. The van der Waals surface area contributed by atoms with Gasteiger partial charge in [-0.25, -0.2) is 9.97 Å². The smallest absolute Gasteiger partial charge is 0.153 e. The van der Waals surface area contributed by atoms with Gasteiger partial charge in [-0.15, -0.1) is 0 Å². The zero-order valence-corrected chi connectivity index (χ0v) is 9.51. The number of nitrogens with zero attached hydrogens (tertiary/aromatic N) is 2. The molecule has 2 rings (SSSR count). The molecule has 2 N–H and O–H groups in total. The molecule has 0 saturated heterocycles. The quantitative estimate of drug-likeness (QED) is 0.815. The lowest BCUT2D eigenvalue weighted by molar-refractivity contribution is 0.0713. The van der Waals surface area contributed by atoms with Gasteiger partial charge in [-0.05, 0) is 37.3 Å². The van der Waals surface area contributed by atoms with Crippen LogP contribution < -0.4 is 5.73 Å². The fraction of sp³-hybridized carbons (Fsp3) is 0.667. The van der Waals surface area contributed by atoms with E-state index in [0.717, 1.165) is 19.0 Å². The van der Waals surface area contributed by atoms with E-state index in [1.54, 1.807) is 12.4 Å². The predicted octanol–water partition coefficient (Wildman–Crippen LogP) is 1.37. The van der Waals surface area contributed by atoms with Gasteiger partial charge >= 0.3 is 0 Å². The van der Waals surface area contributed by atoms with Gasteiger partial charge in [-0.3, -0.25) is 0 Å². The summed E-state index contributed by atoms with van der Waals surface area (Å²) in [6.07, 6.45) is 7.27. The molecule has 0 amide bonds. The average molecular weight is 221 g/mol. The third-order valence-electron chi connectivity index (χ3n) is 3.30. The number of aromatic nitrogens is 2. The van der Waals surface area contributed by atoms with Crippen molar-refractivity contribution in [1.82, 2.24) is 9.97 Å². The van der Waals surface area contributed by atoms with Crippen LogP contribution in [0.4, 0.5) is 0 Å². The Kier molecular flexibility index (Phi) is 4.25. The van der Waals surface area contributed by atoms with E-state index in [4.69, 9.17) is 10.5 Å². The summed E-state index contributed by atoms with van der Waals surface area (Å²) >= 11 is 0. The van der Waals surface area contributed by atoms with Gasteiger partial charge in [-0.1, -0.05) is 6.42 Å². The molecule has 16 heavy (non-hydrogen) atoms. The minimum absolute atomic E-state index is 0.509. The summed E-state index contributed by atoms with van der Waals surface area (Å²) in [6, 6.07) is 1.81. The van der Waals surface area contributed by atoms with Gasteiger partial charge < -0.3 is 10.5 Å². The van der Waals surface area contributed by atoms with Crippen molar-refractivity contribution in [1.29, 1.82) is 0 Å². The molecule has 0 bridgehead atoms. The Morgan fingerprint density at radius 3 is 2.75 bits per heavy atom. The van der Waals surface area contributed by atoms with Crippen molar-refractivity contribution in [2.45, 2.75) is 25.9 Å². The van der Waals surface area contributed by atoms with Gasteiger partial charge in [0.15, 0.2) is 5.82 Å². The molecule has 2 atom stereocenters. The summed E-state index contributed by atoms with van der Waals surface area (Å²) < 4.78 is 5.66. The lowest BCUT2D eigenvalue weighted by atomic mass is 9.97. The highest BCUT2D eigenvalue weighted by Gasteiger charge is 2.25. The average Bonchev–Trinajstić information content (AvgIpc) is 2.78. The van der Waals surface area contributed by atoms with Crippen LogP contribution in [-0.2, 0) is 11.3 Å². The minimum atomic E-state index is 0.509. The summed E-state index contributed by atoms with van der Waals surface area (Å²) in [4.78, 5) is 8.24. The second kappa shape index (κ2) is 5.92. The molecule has 1 aromatic rings. The van der Waals surface area contributed by atoms with Gasteiger partial charge in [-0.2, -0.15) is 0 Å². The molecule has 1 saturated carbocycles. The molecule has 0 aromatic carbocycles. The maximum absolute atomic E-state index is 5.73. The zero-order chi connectivity index (χ0) is 11.2. The van der Waals surface area contributed by atoms with Crippen molar-refractivity contribution in [3.63, 3.8) is 0 Å². The highest BCUT2D eigenvalue weighted by molar-refractivity contribution is 4.86. The van der Waals surface area contributed by atoms with Crippen LogP contribution in [0.5, 0.6) is 0 Å². The molecule has 1 aliphatic carbocycles. The lowest BCUT2D eigenvalue weighted by Crippen LogP contribution is -2.22. The Bertz CT molecular complexity index is 304. The molecule has 0 radical (unpaired) electrons. The van der Waals surface area contributed by atoms with E-state index in [9.17, 15) is 0 Å². The van der Waals surface area contributed by atoms with Crippen LogP contribution in [0, 0.1) is 11.8 Å².